The van der Waals surface area contributed by atoms with Crippen molar-refractivity contribution in [1.82, 2.24) is 4.98 Å². The molecule has 4 heteroatoms. The number of nitrogens with zero attached hydrogens (tertiary/aromatic N) is 1. The molecule has 0 aliphatic carbocycles. The molecule has 3 N–H and O–H groups in total. The number of nitrogen functional groups attached to an aromatic ring is 1. The van der Waals surface area contributed by atoms with Crippen molar-refractivity contribution in [3.63, 3.8) is 0 Å². The molecule has 0 aliphatic rings. The summed E-state index contributed by atoms with van der Waals surface area (Å²) in [5.41, 5.74) is 7.86. The fraction of sp³-hybridized carbons (Fsp3) is 0.0833. The van der Waals surface area contributed by atoms with Gasteiger partial charge >= 0.3 is 0 Å². The standard InChI is InChI=1S/C12H11BrN2O/c13-10-5-1-4-9(11(10)14)12(16)8-3-2-6-15-7-8/h1-7,12,16H,14H2. The third-order valence-corrected chi connectivity index (χ3v) is 3.07. The molecule has 2 aromatic rings. The van der Waals surface area contributed by atoms with E-state index in [1.807, 2.05) is 18.2 Å². The number of nitrogens with two attached hydrogens (primary N) is 1. The van der Waals surface area contributed by atoms with Crippen LogP contribution in [-0.4, -0.2) is 10.1 Å². The highest BCUT2D eigenvalue weighted by Crippen LogP contribution is 2.30. The molecule has 0 amide bonds. The highest BCUT2D eigenvalue weighted by molar-refractivity contribution is 9.10. The van der Waals surface area contributed by atoms with E-state index < -0.39 is 6.10 Å². The van der Waals surface area contributed by atoms with E-state index in [1.54, 1.807) is 24.5 Å². The molecule has 16 heavy (non-hydrogen) atoms. The van der Waals surface area contributed by atoms with E-state index in [9.17, 15) is 5.11 Å². The van der Waals surface area contributed by atoms with Crippen LogP contribution in [-0.2, 0) is 0 Å². The topological polar surface area (TPSA) is 59.1 Å². The van der Waals surface area contributed by atoms with Gasteiger partial charge < -0.3 is 10.8 Å². The molecule has 0 aliphatic heterocycles. The first-order valence-corrected chi connectivity index (χ1v) is 5.61. The number of hydrogen-bond acceptors (Lipinski definition) is 3. The fourth-order valence-electron chi connectivity index (χ4n) is 1.51. The SMILES string of the molecule is Nc1c(Br)cccc1C(O)c1cccnc1. The second-order valence-corrected chi connectivity index (χ2v) is 4.29. The Labute approximate surface area is 102 Å². The van der Waals surface area contributed by atoms with Crippen LogP contribution in [0.1, 0.15) is 17.2 Å². The zero-order valence-electron chi connectivity index (χ0n) is 8.47. The Morgan fingerprint density at radius 1 is 1.25 bits per heavy atom. The Hall–Kier alpha value is -1.39. The Bertz CT molecular complexity index is 488. The third-order valence-electron chi connectivity index (χ3n) is 2.38. The number of aliphatic hydroxyl groups excluding tert-OH is 1. The zero-order valence-corrected chi connectivity index (χ0v) is 10.1. The number of aromatic nitrogens is 1. The lowest BCUT2D eigenvalue weighted by atomic mass is 10.0. The van der Waals surface area contributed by atoms with E-state index in [4.69, 9.17) is 5.73 Å². The number of halogens is 1. The highest BCUT2D eigenvalue weighted by Gasteiger charge is 2.14. The second-order valence-electron chi connectivity index (χ2n) is 3.43. The number of hydrogen-bond donors (Lipinski definition) is 2. The van der Waals surface area contributed by atoms with Gasteiger partial charge in [-0.05, 0) is 28.1 Å². The van der Waals surface area contributed by atoms with Gasteiger partial charge in [-0.1, -0.05) is 18.2 Å². The maximum absolute atomic E-state index is 10.2. The van der Waals surface area contributed by atoms with Crippen LogP contribution in [0.5, 0.6) is 0 Å². The van der Waals surface area contributed by atoms with Crippen molar-refractivity contribution in [3.8, 4) is 0 Å². The van der Waals surface area contributed by atoms with Gasteiger partial charge in [-0.25, -0.2) is 0 Å². The first kappa shape index (κ1) is 11.1. The van der Waals surface area contributed by atoms with E-state index in [2.05, 4.69) is 20.9 Å². The van der Waals surface area contributed by atoms with E-state index in [0.717, 1.165) is 10.0 Å². The first-order chi connectivity index (χ1) is 7.70. The Balaban J connectivity index is 2.42. The molecule has 0 saturated carbocycles. The molecule has 1 unspecified atom stereocenters. The van der Waals surface area contributed by atoms with Crippen LogP contribution in [0.2, 0.25) is 0 Å². The Morgan fingerprint density at radius 2 is 2.06 bits per heavy atom. The molecular formula is C12H11BrN2O. The quantitative estimate of drug-likeness (QED) is 0.830. The van der Waals surface area contributed by atoms with Crippen molar-refractivity contribution >= 4 is 21.6 Å². The summed E-state index contributed by atoms with van der Waals surface area (Å²) >= 11 is 3.34. The molecule has 1 atom stereocenters. The van der Waals surface area contributed by atoms with Crippen LogP contribution in [0.3, 0.4) is 0 Å². The number of aliphatic hydroxyl groups is 1. The molecule has 3 nitrogen and oxygen atoms in total. The molecular weight excluding hydrogens is 268 g/mol. The molecule has 1 aromatic heterocycles. The predicted molar refractivity (Wildman–Crippen MR) is 66.9 cm³/mol. The highest BCUT2D eigenvalue weighted by atomic mass is 79.9. The van der Waals surface area contributed by atoms with Gasteiger partial charge in [-0.2, -0.15) is 0 Å². The van der Waals surface area contributed by atoms with Crippen molar-refractivity contribution in [1.29, 1.82) is 0 Å². The molecule has 1 aromatic carbocycles. The number of anilines is 1. The Morgan fingerprint density at radius 3 is 2.75 bits per heavy atom. The lowest BCUT2D eigenvalue weighted by Gasteiger charge is -2.14. The first-order valence-electron chi connectivity index (χ1n) is 4.82. The van der Waals surface area contributed by atoms with Gasteiger partial charge in [0.25, 0.3) is 0 Å². The molecule has 0 saturated heterocycles. The van der Waals surface area contributed by atoms with E-state index in [1.165, 1.54) is 0 Å². The van der Waals surface area contributed by atoms with Crippen molar-refractivity contribution in [2.45, 2.75) is 6.10 Å². The predicted octanol–water partition coefficient (Wildman–Crippen LogP) is 2.51. The normalized spacial score (nSPS) is 12.4. The van der Waals surface area contributed by atoms with Crippen LogP contribution in [0, 0.1) is 0 Å². The number of para-hydroxylation sites is 1. The summed E-state index contributed by atoms with van der Waals surface area (Å²) in [6, 6.07) is 9.09. The van der Waals surface area contributed by atoms with Crippen molar-refractivity contribution < 1.29 is 5.11 Å². The van der Waals surface area contributed by atoms with Gasteiger partial charge in [-0.3, -0.25) is 4.98 Å². The number of pyridine rings is 1. The van der Waals surface area contributed by atoms with E-state index in [-0.39, 0.29) is 0 Å². The number of benzene rings is 1. The molecule has 1 heterocycles. The van der Waals surface area contributed by atoms with Crippen molar-refractivity contribution in [3.05, 3.63) is 58.3 Å². The summed E-state index contributed by atoms with van der Waals surface area (Å²) < 4.78 is 0.785. The minimum absolute atomic E-state index is 0.554. The monoisotopic (exact) mass is 278 g/mol. The Kier molecular flexibility index (Phi) is 3.22. The maximum Gasteiger partial charge on any atom is 0.108 e. The van der Waals surface area contributed by atoms with Gasteiger partial charge in [0.1, 0.15) is 6.10 Å². The summed E-state index contributed by atoms with van der Waals surface area (Å²) in [6.07, 6.45) is 2.55. The summed E-state index contributed by atoms with van der Waals surface area (Å²) in [5.74, 6) is 0. The van der Waals surface area contributed by atoms with Crippen LogP contribution in [0.15, 0.2) is 47.2 Å². The van der Waals surface area contributed by atoms with E-state index >= 15 is 0 Å². The van der Waals surface area contributed by atoms with Gasteiger partial charge in [-0.15, -0.1) is 0 Å². The second kappa shape index (κ2) is 4.63. The molecule has 0 spiro atoms. The average molecular weight is 279 g/mol. The number of rotatable bonds is 2. The molecule has 2 rings (SSSR count). The van der Waals surface area contributed by atoms with Crippen molar-refractivity contribution in [2.24, 2.45) is 0 Å². The van der Waals surface area contributed by atoms with E-state index in [0.29, 0.717) is 11.3 Å². The van der Waals surface area contributed by atoms with Crippen LogP contribution in [0.25, 0.3) is 0 Å². The maximum atomic E-state index is 10.2. The van der Waals surface area contributed by atoms with Crippen LogP contribution in [0.4, 0.5) is 5.69 Å². The molecule has 0 bridgehead atoms. The van der Waals surface area contributed by atoms with Gasteiger partial charge in [0, 0.05) is 28.0 Å². The smallest absolute Gasteiger partial charge is 0.108 e. The summed E-state index contributed by atoms with van der Waals surface area (Å²) in [7, 11) is 0. The molecule has 0 radical (unpaired) electrons. The molecule has 82 valence electrons. The average Bonchev–Trinajstić information content (AvgIpc) is 2.33. The van der Waals surface area contributed by atoms with Gasteiger partial charge in [0.05, 0.1) is 5.69 Å². The lowest BCUT2D eigenvalue weighted by molar-refractivity contribution is 0.220. The van der Waals surface area contributed by atoms with Crippen molar-refractivity contribution in [2.75, 3.05) is 5.73 Å². The summed E-state index contributed by atoms with van der Waals surface area (Å²) in [4.78, 5) is 3.97. The minimum atomic E-state index is -0.744. The summed E-state index contributed by atoms with van der Waals surface area (Å²) in [5, 5.41) is 10.2. The minimum Gasteiger partial charge on any atom is -0.398 e. The largest absolute Gasteiger partial charge is 0.398 e. The third kappa shape index (κ3) is 2.08. The van der Waals surface area contributed by atoms with Crippen LogP contribution < -0.4 is 5.73 Å². The van der Waals surface area contributed by atoms with Gasteiger partial charge in [0.15, 0.2) is 0 Å². The van der Waals surface area contributed by atoms with Gasteiger partial charge in [0.2, 0.25) is 0 Å². The zero-order chi connectivity index (χ0) is 11.5. The fourth-order valence-corrected chi connectivity index (χ4v) is 1.89. The summed E-state index contributed by atoms with van der Waals surface area (Å²) in [6.45, 7) is 0. The lowest BCUT2D eigenvalue weighted by Crippen LogP contribution is -2.04. The van der Waals surface area contributed by atoms with Crippen LogP contribution >= 0.6 is 15.9 Å². The molecule has 0 fully saturated rings.